The standard InChI is InChI=1S/C19H28ClN3O5/c1-19(2,13-21-18(26)23-7-9-27-10-8-23)22-11-14(24)12-28-17(25)15-5-3-4-6-16(15)20/h3-6,14,22,24H,7-13H2,1-2H3,(H,21,26). The zero-order valence-corrected chi connectivity index (χ0v) is 17.0. The van der Waals surface area contributed by atoms with E-state index in [4.69, 9.17) is 21.1 Å². The van der Waals surface area contributed by atoms with E-state index < -0.39 is 17.6 Å². The van der Waals surface area contributed by atoms with Crippen LogP contribution in [-0.2, 0) is 9.47 Å². The molecule has 8 nitrogen and oxygen atoms in total. The number of nitrogens with zero attached hydrogens (tertiary/aromatic N) is 1. The third-order valence-electron chi connectivity index (χ3n) is 4.30. The molecule has 1 aliphatic rings. The van der Waals surface area contributed by atoms with E-state index in [1.54, 1.807) is 29.2 Å². The van der Waals surface area contributed by atoms with Crippen LogP contribution in [0.1, 0.15) is 24.2 Å². The first kappa shape index (κ1) is 22.4. The number of rotatable bonds is 8. The molecule has 1 atom stereocenters. The number of aliphatic hydroxyl groups is 1. The number of aliphatic hydroxyl groups excluding tert-OH is 1. The molecular formula is C19H28ClN3O5. The van der Waals surface area contributed by atoms with Gasteiger partial charge in [0.15, 0.2) is 0 Å². The number of halogens is 1. The smallest absolute Gasteiger partial charge is 0.339 e. The fourth-order valence-corrected chi connectivity index (χ4v) is 2.78. The van der Waals surface area contributed by atoms with Gasteiger partial charge in [-0.05, 0) is 26.0 Å². The normalized spacial score (nSPS) is 15.8. The summed E-state index contributed by atoms with van der Waals surface area (Å²) in [7, 11) is 0. The molecule has 2 rings (SSSR count). The number of benzene rings is 1. The Hall–Kier alpha value is -1.87. The lowest BCUT2D eigenvalue weighted by Crippen LogP contribution is -2.54. The molecule has 1 saturated heterocycles. The van der Waals surface area contributed by atoms with Crippen molar-refractivity contribution in [1.82, 2.24) is 15.5 Å². The van der Waals surface area contributed by atoms with Crippen molar-refractivity contribution in [2.24, 2.45) is 0 Å². The Morgan fingerprint density at radius 2 is 2.00 bits per heavy atom. The molecule has 156 valence electrons. The molecular weight excluding hydrogens is 386 g/mol. The summed E-state index contributed by atoms with van der Waals surface area (Å²) in [6, 6.07) is 6.44. The highest BCUT2D eigenvalue weighted by molar-refractivity contribution is 6.33. The fraction of sp³-hybridized carbons (Fsp3) is 0.579. The first-order chi connectivity index (χ1) is 13.3. The zero-order valence-electron chi connectivity index (χ0n) is 16.2. The van der Waals surface area contributed by atoms with Crippen molar-refractivity contribution in [1.29, 1.82) is 0 Å². The van der Waals surface area contributed by atoms with Gasteiger partial charge in [0.05, 0.1) is 23.8 Å². The number of hydrogen-bond donors (Lipinski definition) is 3. The Kier molecular flexibility index (Phi) is 8.50. The molecule has 1 heterocycles. The highest BCUT2D eigenvalue weighted by Gasteiger charge is 2.23. The molecule has 1 unspecified atom stereocenters. The predicted molar refractivity (Wildman–Crippen MR) is 106 cm³/mol. The van der Waals surface area contributed by atoms with Gasteiger partial charge in [-0.1, -0.05) is 23.7 Å². The third-order valence-corrected chi connectivity index (χ3v) is 4.63. The Morgan fingerprint density at radius 1 is 1.32 bits per heavy atom. The highest BCUT2D eigenvalue weighted by atomic mass is 35.5. The molecule has 1 fully saturated rings. The number of ether oxygens (including phenoxy) is 2. The summed E-state index contributed by atoms with van der Waals surface area (Å²) in [5.41, 5.74) is -0.189. The van der Waals surface area contributed by atoms with Gasteiger partial charge in [0.25, 0.3) is 0 Å². The van der Waals surface area contributed by atoms with Crippen LogP contribution in [0.5, 0.6) is 0 Å². The number of esters is 1. The lowest BCUT2D eigenvalue weighted by atomic mass is 10.1. The van der Waals surface area contributed by atoms with Crippen LogP contribution in [0.3, 0.4) is 0 Å². The lowest BCUT2D eigenvalue weighted by Gasteiger charge is -2.31. The van der Waals surface area contributed by atoms with Crippen molar-refractivity contribution in [2.45, 2.75) is 25.5 Å². The van der Waals surface area contributed by atoms with Crippen LogP contribution in [-0.4, -0.2) is 79.6 Å². The number of amides is 2. The summed E-state index contributed by atoms with van der Waals surface area (Å²) in [6.45, 7) is 6.51. The summed E-state index contributed by atoms with van der Waals surface area (Å²) < 4.78 is 10.3. The first-order valence-corrected chi connectivity index (χ1v) is 9.61. The van der Waals surface area contributed by atoms with E-state index in [9.17, 15) is 14.7 Å². The van der Waals surface area contributed by atoms with E-state index in [0.717, 1.165) is 0 Å². The van der Waals surface area contributed by atoms with Gasteiger partial charge in [-0.15, -0.1) is 0 Å². The van der Waals surface area contributed by atoms with Crippen LogP contribution in [0.15, 0.2) is 24.3 Å². The summed E-state index contributed by atoms with van der Waals surface area (Å²) in [4.78, 5) is 25.8. The minimum Gasteiger partial charge on any atom is -0.459 e. The van der Waals surface area contributed by atoms with E-state index in [2.05, 4.69) is 10.6 Å². The van der Waals surface area contributed by atoms with Gasteiger partial charge in [-0.25, -0.2) is 9.59 Å². The molecule has 0 spiro atoms. The summed E-state index contributed by atoms with van der Waals surface area (Å²) >= 11 is 5.95. The number of nitrogens with one attached hydrogen (secondary N) is 2. The van der Waals surface area contributed by atoms with Gasteiger partial charge in [-0.3, -0.25) is 0 Å². The molecule has 0 saturated carbocycles. The van der Waals surface area contributed by atoms with Crippen molar-refractivity contribution < 1.29 is 24.2 Å². The second-order valence-electron chi connectivity index (χ2n) is 7.26. The van der Waals surface area contributed by atoms with Gasteiger partial charge in [0.2, 0.25) is 0 Å². The second-order valence-corrected chi connectivity index (χ2v) is 7.66. The maximum Gasteiger partial charge on any atom is 0.339 e. The molecule has 1 aromatic rings. The zero-order chi connectivity index (χ0) is 20.6. The monoisotopic (exact) mass is 413 g/mol. The van der Waals surface area contributed by atoms with Crippen LogP contribution >= 0.6 is 11.6 Å². The third kappa shape index (κ3) is 7.27. The minimum atomic E-state index is -0.888. The molecule has 0 aliphatic carbocycles. The minimum absolute atomic E-state index is 0.132. The van der Waals surface area contributed by atoms with Crippen LogP contribution in [0.2, 0.25) is 5.02 Å². The Morgan fingerprint density at radius 3 is 2.68 bits per heavy atom. The summed E-state index contributed by atoms with van der Waals surface area (Å²) in [6.07, 6.45) is -0.888. The Balaban J connectivity index is 1.68. The average Bonchev–Trinajstić information content (AvgIpc) is 2.70. The second kappa shape index (κ2) is 10.6. The number of morpholine rings is 1. The molecule has 0 aromatic heterocycles. The maximum atomic E-state index is 12.1. The van der Waals surface area contributed by atoms with E-state index >= 15 is 0 Å². The molecule has 0 bridgehead atoms. The van der Waals surface area contributed by atoms with E-state index in [1.165, 1.54) is 0 Å². The van der Waals surface area contributed by atoms with Crippen molar-refractivity contribution in [3.05, 3.63) is 34.9 Å². The predicted octanol–water partition coefficient (Wildman–Crippen LogP) is 1.27. The Bertz CT molecular complexity index is 665. The van der Waals surface area contributed by atoms with Crippen LogP contribution in [0.25, 0.3) is 0 Å². The van der Waals surface area contributed by atoms with Crippen molar-refractivity contribution >= 4 is 23.6 Å². The fourth-order valence-electron chi connectivity index (χ4n) is 2.57. The Labute approximate surface area is 170 Å². The molecule has 2 amide bonds. The number of carbonyl (C=O) groups is 2. The molecule has 0 radical (unpaired) electrons. The van der Waals surface area contributed by atoms with Crippen LogP contribution in [0, 0.1) is 0 Å². The van der Waals surface area contributed by atoms with Crippen molar-refractivity contribution in [2.75, 3.05) is 46.0 Å². The number of β-amino-alcohol motifs (C(OH)–C–C–N with tert-alkyl or cyclic N) is 1. The summed E-state index contributed by atoms with van der Waals surface area (Å²) in [5, 5.41) is 16.4. The summed E-state index contributed by atoms with van der Waals surface area (Å²) in [5.74, 6) is -0.582. The number of urea groups is 1. The van der Waals surface area contributed by atoms with Gasteiger partial charge >= 0.3 is 12.0 Å². The number of hydrogen-bond acceptors (Lipinski definition) is 6. The highest BCUT2D eigenvalue weighted by Crippen LogP contribution is 2.15. The molecule has 9 heteroatoms. The molecule has 1 aromatic carbocycles. The van der Waals surface area contributed by atoms with Crippen molar-refractivity contribution in [3.8, 4) is 0 Å². The van der Waals surface area contributed by atoms with Crippen molar-refractivity contribution in [3.63, 3.8) is 0 Å². The van der Waals surface area contributed by atoms with E-state index in [-0.39, 0.29) is 24.7 Å². The van der Waals surface area contributed by atoms with Crippen LogP contribution in [0.4, 0.5) is 4.79 Å². The van der Waals surface area contributed by atoms with Gasteiger partial charge in [0, 0.05) is 31.7 Å². The molecule has 1 aliphatic heterocycles. The topological polar surface area (TPSA) is 100 Å². The molecule has 3 N–H and O–H groups in total. The average molecular weight is 414 g/mol. The first-order valence-electron chi connectivity index (χ1n) is 9.24. The quantitative estimate of drug-likeness (QED) is 0.555. The van der Waals surface area contributed by atoms with E-state index in [0.29, 0.717) is 37.9 Å². The maximum absolute atomic E-state index is 12.1. The van der Waals surface area contributed by atoms with Crippen LogP contribution < -0.4 is 10.6 Å². The lowest BCUT2D eigenvalue weighted by molar-refractivity contribution is 0.0244. The molecule has 28 heavy (non-hydrogen) atoms. The van der Waals surface area contributed by atoms with Gasteiger partial charge < -0.3 is 30.1 Å². The largest absolute Gasteiger partial charge is 0.459 e. The van der Waals surface area contributed by atoms with Gasteiger partial charge in [-0.2, -0.15) is 0 Å². The van der Waals surface area contributed by atoms with E-state index in [1.807, 2.05) is 13.8 Å². The SMILES string of the molecule is CC(C)(CNC(=O)N1CCOCC1)NCC(O)COC(=O)c1ccccc1Cl. The van der Waals surface area contributed by atoms with Gasteiger partial charge in [0.1, 0.15) is 12.7 Å². The number of carbonyl (C=O) groups excluding carboxylic acids is 2.